The largest absolute Gasteiger partial charge is 0.494 e. The standard InChI is InChI=1S/C21H26N4O2/c1-2-27-19-10-8-18(9-11-19)25-20(26)17-14-23-21(24-15-17)22-13-12-16-6-4-3-5-7-16/h6,8-11,14-15H,2-5,7,12-13H2,1H3,(H,25,26)(H,22,23,24). The van der Waals surface area contributed by atoms with Crippen LogP contribution < -0.4 is 15.4 Å². The molecule has 1 heterocycles. The van der Waals surface area contributed by atoms with Gasteiger partial charge >= 0.3 is 0 Å². The van der Waals surface area contributed by atoms with Crippen LogP contribution in [0.1, 0.15) is 49.4 Å². The van der Waals surface area contributed by atoms with E-state index in [2.05, 4.69) is 26.7 Å². The van der Waals surface area contributed by atoms with E-state index in [4.69, 9.17) is 4.74 Å². The normalized spacial score (nSPS) is 13.6. The number of hydrogen-bond donors (Lipinski definition) is 2. The first kappa shape index (κ1) is 18.9. The third-order valence-corrected chi connectivity index (χ3v) is 4.45. The van der Waals surface area contributed by atoms with E-state index >= 15 is 0 Å². The average Bonchev–Trinajstić information content (AvgIpc) is 2.71. The Hall–Kier alpha value is -2.89. The molecular formula is C21H26N4O2. The molecular weight excluding hydrogens is 340 g/mol. The third-order valence-electron chi connectivity index (χ3n) is 4.45. The van der Waals surface area contributed by atoms with Crippen LogP contribution in [0.25, 0.3) is 0 Å². The lowest BCUT2D eigenvalue weighted by Crippen LogP contribution is -2.14. The Bertz CT molecular complexity index is 770. The van der Waals surface area contributed by atoms with Crippen LogP contribution in [-0.4, -0.2) is 29.0 Å². The molecule has 6 heteroatoms. The summed E-state index contributed by atoms with van der Waals surface area (Å²) in [4.78, 5) is 20.8. The van der Waals surface area contributed by atoms with E-state index in [0.29, 0.717) is 23.8 Å². The second-order valence-corrected chi connectivity index (χ2v) is 6.49. The zero-order chi connectivity index (χ0) is 18.9. The van der Waals surface area contributed by atoms with Gasteiger partial charge in [-0.25, -0.2) is 9.97 Å². The fourth-order valence-electron chi connectivity index (χ4n) is 3.01. The van der Waals surface area contributed by atoms with E-state index in [1.807, 2.05) is 19.1 Å². The van der Waals surface area contributed by atoms with Gasteiger partial charge in [0, 0.05) is 24.6 Å². The molecule has 3 rings (SSSR count). The number of aromatic nitrogens is 2. The van der Waals surface area contributed by atoms with Gasteiger partial charge in [-0.1, -0.05) is 11.6 Å². The molecule has 1 aromatic heterocycles. The Kier molecular flexibility index (Phi) is 6.79. The summed E-state index contributed by atoms with van der Waals surface area (Å²) in [5, 5.41) is 6.05. The Labute approximate surface area is 160 Å². The van der Waals surface area contributed by atoms with Crippen molar-refractivity contribution in [3.05, 3.63) is 53.9 Å². The second-order valence-electron chi connectivity index (χ2n) is 6.49. The summed E-state index contributed by atoms with van der Waals surface area (Å²) in [6, 6.07) is 7.26. The molecule has 2 N–H and O–H groups in total. The number of carbonyl (C=O) groups excluding carboxylic acids is 1. The number of carbonyl (C=O) groups is 1. The van der Waals surface area contributed by atoms with Crippen molar-refractivity contribution >= 4 is 17.5 Å². The lowest BCUT2D eigenvalue weighted by molar-refractivity contribution is 0.102. The van der Waals surface area contributed by atoms with Gasteiger partial charge in [-0.05, 0) is 63.3 Å². The van der Waals surface area contributed by atoms with Gasteiger partial charge in [0.25, 0.3) is 5.91 Å². The number of allylic oxidation sites excluding steroid dienone is 1. The maximum absolute atomic E-state index is 12.3. The zero-order valence-electron chi connectivity index (χ0n) is 15.7. The molecule has 2 aromatic rings. The van der Waals surface area contributed by atoms with Crippen molar-refractivity contribution in [3.63, 3.8) is 0 Å². The van der Waals surface area contributed by atoms with E-state index < -0.39 is 0 Å². The summed E-state index contributed by atoms with van der Waals surface area (Å²) in [6.07, 6.45) is 11.4. The summed E-state index contributed by atoms with van der Waals surface area (Å²) in [6.45, 7) is 3.35. The maximum atomic E-state index is 12.3. The highest BCUT2D eigenvalue weighted by Crippen LogP contribution is 2.20. The Morgan fingerprint density at radius 1 is 1.15 bits per heavy atom. The molecule has 0 saturated carbocycles. The first-order valence-electron chi connectivity index (χ1n) is 9.52. The molecule has 0 aliphatic heterocycles. The van der Waals surface area contributed by atoms with Gasteiger partial charge in [0.1, 0.15) is 5.75 Å². The van der Waals surface area contributed by atoms with Crippen molar-refractivity contribution in [1.29, 1.82) is 0 Å². The van der Waals surface area contributed by atoms with Crippen LogP contribution in [0.15, 0.2) is 48.3 Å². The molecule has 0 fully saturated rings. The molecule has 142 valence electrons. The van der Waals surface area contributed by atoms with Crippen LogP contribution in [0.3, 0.4) is 0 Å². The summed E-state index contributed by atoms with van der Waals surface area (Å²) in [5.74, 6) is 1.08. The highest BCUT2D eigenvalue weighted by molar-refractivity contribution is 6.03. The molecule has 27 heavy (non-hydrogen) atoms. The molecule has 1 aliphatic carbocycles. The Morgan fingerprint density at radius 2 is 1.93 bits per heavy atom. The lowest BCUT2D eigenvalue weighted by Gasteiger charge is -2.12. The summed E-state index contributed by atoms with van der Waals surface area (Å²) >= 11 is 0. The number of amides is 1. The van der Waals surface area contributed by atoms with Gasteiger partial charge in [-0.2, -0.15) is 0 Å². The molecule has 6 nitrogen and oxygen atoms in total. The first-order valence-corrected chi connectivity index (χ1v) is 9.52. The predicted molar refractivity (Wildman–Crippen MR) is 107 cm³/mol. The van der Waals surface area contributed by atoms with E-state index in [-0.39, 0.29) is 5.91 Å². The molecule has 0 atom stereocenters. The number of benzene rings is 1. The second kappa shape index (κ2) is 9.71. The van der Waals surface area contributed by atoms with Crippen molar-refractivity contribution in [2.24, 2.45) is 0 Å². The molecule has 1 aliphatic rings. The minimum atomic E-state index is -0.238. The number of ether oxygens (including phenoxy) is 1. The number of anilines is 2. The van der Waals surface area contributed by atoms with E-state index in [9.17, 15) is 4.79 Å². The fraction of sp³-hybridized carbons (Fsp3) is 0.381. The SMILES string of the molecule is CCOc1ccc(NC(=O)c2cnc(NCCC3=CCCCC3)nc2)cc1. The minimum absolute atomic E-state index is 0.238. The molecule has 1 amide bonds. The van der Waals surface area contributed by atoms with E-state index in [1.54, 1.807) is 24.5 Å². The predicted octanol–water partition coefficient (Wildman–Crippen LogP) is 4.43. The number of hydrogen-bond acceptors (Lipinski definition) is 5. The minimum Gasteiger partial charge on any atom is -0.494 e. The van der Waals surface area contributed by atoms with Crippen molar-refractivity contribution in [2.75, 3.05) is 23.8 Å². The zero-order valence-corrected chi connectivity index (χ0v) is 15.7. The smallest absolute Gasteiger partial charge is 0.258 e. The van der Waals surface area contributed by atoms with Crippen LogP contribution in [0.2, 0.25) is 0 Å². The molecule has 0 saturated heterocycles. The van der Waals surface area contributed by atoms with Gasteiger partial charge in [-0.15, -0.1) is 0 Å². The fourth-order valence-corrected chi connectivity index (χ4v) is 3.01. The van der Waals surface area contributed by atoms with Gasteiger partial charge in [0.05, 0.1) is 12.2 Å². The lowest BCUT2D eigenvalue weighted by atomic mass is 9.97. The summed E-state index contributed by atoms with van der Waals surface area (Å²) < 4.78 is 5.39. The highest BCUT2D eigenvalue weighted by atomic mass is 16.5. The number of nitrogens with zero attached hydrogens (tertiary/aromatic N) is 2. The molecule has 0 spiro atoms. The topological polar surface area (TPSA) is 76.1 Å². The van der Waals surface area contributed by atoms with E-state index in [0.717, 1.165) is 18.7 Å². The highest BCUT2D eigenvalue weighted by Gasteiger charge is 2.08. The van der Waals surface area contributed by atoms with Crippen molar-refractivity contribution in [1.82, 2.24) is 9.97 Å². The maximum Gasteiger partial charge on any atom is 0.258 e. The monoisotopic (exact) mass is 366 g/mol. The number of nitrogens with one attached hydrogen (secondary N) is 2. The van der Waals surface area contributed by atoms with Crippen LogP contribution in [0.5, 0.6) is 5.75 Å². The first-order chi connectivity index (χ1) is 13.2. The number of rotatable bonds is 8. The molecule has 0 radical (unpaired) electrons. The van der Waals surface area contributed by atoms with Gasteiger partial charge in [-0.3, -0.25) is 4.79 Å². The summed E-state index contributed by atoms with van der Waals surface area (Å²) in [5.41, 5.74) is 2.64. The average molecular weight is 366 g/mol. The quantitative estimate of drug-likeness (QED) is 0.676. The Morgan fingerprint density at radius 3 is 2.59 bits per heavy atom. The summed E-state index contributed by atoms with van der Waals surface area (Å²) in [7, 11) is 0. The van der Waals surface area contributed by atoms with Crippen molar-refractivity contribution in [2.45, 2.75) is 39.0 Å². The molecule has 1 aromatic carbocycles. The van der Waals surface area contributed by atoms with Crippen molar-refractivity contribution in [3.8, 4) is 5.75 Å². The molecule has 0 unspecified atom stereocenters. The van der Waals surface area contributed by atoms with Gasteiger partial charge < -0.3 is 15.4 Å². The van der Waals surface area contributed by atoms with Crippen LogP contribution in [0, 0.1) is 0 Å². The van der Waals surface area contributed by atoms with Crippen LogP contribution in [-0.2, 0) is 0 Å². The Balaban J connectivity index is 1.48. The van der Waals surface area contributed by atoms with Crippen molar-refractivity contribution < 1.29 is 9.53 Å². The van der Waals surface area contributed by atoms with Gasteiger partial charge in [0.15, 0.2) is 0 Å². The van der Waals surface area contributed by atoms with E-state index in [1.165, 1.54) is 31.3 Å². The van der Waals surface area contributed by atoms with Crippen LogP contribution in [0.4, 0.5) is 11.6 Å². The molecule has 0 bridgehead atoms. The van der Waals surface area contributed by atoms with Gasteiger partial charge in [0.2, 0.25) is 5.95 Å². The third kappa shape index (κ3) is 5.81. The van der Waals surface area contributed by atoms with Crippen LogP contribution >= 0.6 is 0 Å².